The molecule has 0 unspecified atom stereocenters. The summed E-state index contributed by atoms with van der Waals surface area (Å²) in [6, 6.07) is 6.79. The highest BCUT2D eigenvalue weighted by Gasteiger charge is 2.51. The van der Waals surface area contributed by atoms with E-state index in [1.165, 1.54) is 6.07 Å². The van der Waals surface area contributed by atoms with Gasteiger partial charge in [-0.3, -0.25) is 9.78 Å². The van der Waals surface area contributed by atoms with Crippen molar-refractivity contribution in [3.63, 3.8) is 0 Å². The van der Waals surface area contributed by atoms with E-state index < -0.39 is 0 Å². The number of rotatable bonds is 6. The van der Waals surface area contributed by atoms with Crippen LogP contribution in [-0.2, 0) is 10.2 Å². The number of benzene rings is 1. The molecule has 3 aliphatic rings. The van der Waals surface area contributed by atoms with Gasteiger partial charge in [0, 0.05) is 47.3 Å². The summed E-state index contributed by atoms with van der Waals surface area (Å²) in [6.45, 7) is 3.54. The molecule has 1 saturated carbocycles. The Balaban J connectivity index is 1.46. The standard InChI is InChI=1S/C26H27FN4O3/c1-15-18(27)5-2-6-19(15)30-23-21-24(26(8-9-26)14-29-25(21)32)31-22(23)17-7-10-28-12-20(17)34-13-16-4-3-11-33-16/h2,5-7,10,12,16,30-31H,3-4,8-9,11,13-14H2,1H3,(H,29,32)/t16-/m0/s1. The molecule has 34 heavy (non-hydrogen) atoms. The Morgan fingerprint density at radius 1 is 1.32 bits per heavy atom. The number of halogens is 1. The molecule has 2 aromatic heterocycles. The van der Waals surface area contributed by atoms with Crippen molar-refractivity contribution in [2.24, 2.45) is 0 Å². The van der Waals surface area contributed by atoms with Crippen LogP contribution in [0.5, 0.6) is 5.75 Å². The molecule has 6 rings (SSSR count). The SMILES string of the molecule is Cc1c(F)cccc1Nc1c(-c2ccncc2OC[C@@H]2CCCO2)[nH]c2c1C(=O)NCC21CC1. The van der Waals surface area contributed by atoms with Gasteiger partial charge in [0.2, 0.25) is 0 Å². The van der Waals surface area contributed by atoms with Crippen LogP contribution < -0.4 is 15.4 Å². The maximum Gasteiger partial charge on any atom is 0.255 e. The Morgan fingerprint density at radius 2 is 2.21 bits per heavy atom. The number of H-pyrrole nitrogens is 1. The van der Waals surface area contributed by atoms with E-state index in [0.717, 1.165) is 49.2 Å². The smallest absolute Gasteiger partial charge is 0.255 e. The summed E-state index contributed by atoms with van der Waals surface area (Å²) in [5.74, 6) is 0.173. The highest BCUT2D eigenvalue weighted by atomic mass is 19.1. The van der Waals surface area contributed by atoms with Crippen LogP contribution in [0, 0.1) is 12.7 Å². The van der Waals surface area contributed by atoms with E-state index >= 15 is 0 Å². The van der Waals surface area contributed by atoms with E-state index in [1.54, 1.807) is 25.4 Å². The molecule has 7 nitrogen and oxygen atoms in total. The maximum absolute atomic E-state index is 14.3. The van der Waals surface area contributed by atoms with Crippen LogP contribution >= 0.6 is 0 Å². The quantitative estimate of drug-likeness (QED) is 0.498. The molecule has 3 N–H and O–H groups in total. The van der Waals surface area contributed by atoms with Crippen LogP contribution in [0.3, 0.4) is 0 Å². The first-order chi connectivity index (χ1) is 16.6. The van der Waals surface area contributed by atoms with E-state index in [4.69, 9.17) is 9.47 Å². The minimum absolute atomic E-state index is 0.0675. The normalized spacial score (nSPS) is 20.2. The van der Waals surface area contributed by atoms with Crippen molar-refractivity contribution in [3.8, 4) is 17.0 Å². The Labute approximate surface area is 197 Å². The molecule has 0 bridgehead atoms. The van der Waals surface area contributed by atoms with Crippen molar-refractivity contribution in [2.75, 3.05) is 25.1 Å². The zero-order valence-electron chi connectivity index (χ0n) is 19.0. The number of nitrogens with zero attached hydrogens (tertiary/aromatic N) is 1. The third kappa shape index (κ3) is 3.53. The first-order valence-corrected chi connectivity index (χ1v) is 11.8. The van der Waals surface area contributed by atoms with Crippen LogP contribution in [0.1, 0.15) is 47.3 Å². The summed E-state index contributed by atoms with van der Waals surface area (Å²) in [5.41, 5.74) is 4.71. The lowest BCUT2D eigenvalue weighted by Crippen LogP contribution is -2.39. The number of nitrogens with one attached hydrogen (secondary N) is 3. The van der Waals surface area contributed by atoms with E-state index in [-0.39, 0.29) is 23.2 Å². The molecular weight excluding hydrogens is 435 g/mol. The van der Waals surface area contributed by atoms with Gasteiger partial charge in [0.15, 0.2) is 0 Å². The van der Waals surface area contributed by atoms with Gasteiger partial charge in [-0.15, -0.1) is 0 Å². The van der Waals surface area contributed by atoms with Crippen molar-refractivity contribution >= 4 is 17.3 Å². The number of hydrogen-bond donors (Lipinski definition) is 3. The largest absolute Gasteiger partial charge is 0.489 e. The number of ether oxygens (including phenoxy) is 2. The highest BCUT2D eigenvalue weighted by molar-refractivity contribution is 6.07. The minimum Gasteiger partial charge on any atom is -0.489 e. The molecule has 4 heterocycles. The number of carbonyl (C=O) groups excluding carboxylic acids is 1. The highest BCUT2D eigenvalue weighted by Crippen LogP contribution is 2.54. The van der Waals surface area contributed by atoms with Crippen LogP contribution in [0.2, 0.25) is 0 Å². The predicted octanol–water partition coefficient (Wildman–Crippen LogP) is 4.60. The second-order valence-corrected chi connectivity index (χ2v) is 9.44. The van der Waals surface area contributed by atoms with Crippen LogP contribution in [-0.4, -0.2) is 41.7 Å². The van der Waals surface area contributed by atoms with Crippen LogP contribution in [0.15, 0.2) is 36.7 Å². The van der Waals surface area contributed by atoms with Gasteiger partial charge in [-0.25, -0.2) is 4.39 Å². The van der Waals surface area contributed by atoms with Crippen molar-refractivity contribution in [3.05, 3.63) is 59.3 Å². The molecular formula is C26H27FN4O3. The van der Waals surface area contributed by atoms with Crippen LogP contribution in [0.4, 0.5) is 15.8 Å². The molecule has 1 spiro atoms. The van der Waals surface area contributed by atoms with Gasteiger partial charge < -0.3 is 25.1 Å². The Kier molecular flexibility index (Phi) is 5.06. The number of aromatic nitrogens is 2. The Bertz CT molecular complexity index is 1260. The molecule has 1 aliphatic carbocycles. The van der Waals surface area contributed by atoms with Gasteiger partial charge in [-0.1, -0.05) is 6.07 Å². The second kappa shape index (κ2) is 8.13. The van der Waals surface area contributed by atoms with E-state index in [1.807, 2.05) is 12.1 Å². The number of fused-ring (bicyclic) bond motifs is 2. The van der Waals surface area contributed by atoms with E-state index in [2.05, 4.69) is 20.6 Å². The number of aromatic amines is 1. The lowest BCUT2D eigenvalue weighted by atomic mass is 9.93. The number of hydrogen-bond acceptors (Lipinski definition) is 5. The first kappa shape index (κ1) is 21.2. The number of carbonyl (C=O) groups is 1. The Hall–Kier alpha value is -3.39. The molecule has 1 saturated heterocycles. The van der Waals surface area contributed by atoms with Crippen LogP contribution in [0.25, 0.3) is 11.3 Å². The summed E-state index contributed by atoms with van der Waals surface area (Å²) in [6.07, 6.45) is 7.50. The summed E-state index contributed by atoms with van der Waals surface area (Å²) in [4.78, 5) is 20.9. The molecule has 1 atom stereocenters. The van der Waals surface area contributed by atoms with E-state index in [0.29, 0.717) is 41.4 Å². The summed E-state index contributed by atoms with van der Waals surface area (Å²) in [7, 11) is 0. The van der Waals surface area contributed by atoms with E-state index in [9.17, 15) is 9.18 Å². The number of anilines is 2. The summed E-state index contributed by atoms with van der Waals surface area (Å²) >= 11 is 0. The lowest BCUT2D eigenvalue weighted by molar-refractivity contribution is 0.0680. The molecule has 2 fully saturated rings. The fourth-order valence-electron chi connectivity index (χ4n) is 4.99. The van der Waals surface area contributed by atoms with Crippen molar-refractivity contribution in [1.82, 2.24) is 15.3 Å². The molecule has 3 aromatic rings. The summed E-state index contributed by atoms with van der Waals surface area (Å²) in [5, 5.41) is 6.43. The molecule has 1 amide bonds. The monoisotopic (exact) mass is 462 g/mol. The van der Waals surface area contributed by atoms with Crippen molar-refractivity contribution in [2.45, 2.75) is 44.1 Å². The van der Waals surface area contributed by atoms with Gasteiger partial charge in [0.05, 0.1) is 29.2 Å². The average molecular weight is 463 g/mol. The van der Waals surface area contributed by atoms with Crippen molar-refractivity contribution < 1.29 is 18.7 Å². The number of pyridine rings is 1. The van der Waals surface area contributed by atoms with Gasteiger partial charge in [0.1, 0.15) is 18.2 Å². The molecule has 176 valence electrons. The maximum atomic E-state index is 14.3. The third-order valence-corrected chi connectivity index (χ3v) is 7.23. The average Bonchev–Trinajstić information content (AvgIpc) is 3.25. The first-order valence-electron chi connectivity index (χ1n) is 11.8. The third-order valence-electron chi connectivity index (χ3n) is 7.23. The van der Waals surface area contributed by atoms with Gasteiger partial charge in [-0.2, -0.15) is 0 Å². The van der Waals surface area contributed by atoms with Gasteiger partial charge in [-0.05, 0) is 50.8 Å². The molecule has 1 aromatic carbocycles. The minimum atomic E-state index is -0.302. The molecule has 0 radical (unpaired) electrons. The van der Waals surface area contributed by atoms with Gasteiger partial charge in [0.25, 0.3) is 5.91 Å². The summed E-state index contributed by atoms with van der Waals surface area (Å²) < 4.78 is 26.2. The fraction of sp³-hybridized carbons (Fsp3) is 0.385. The zero-order valence-corrected chi connectivity index (χ0v) is 19.0. The zero-order chi connectivity index (χ0) is 23.3. The van der Waals surface area contributed by atoms with Crippen molar-refractivity contribution in [1.29, 1.82) is 0 Å². The topological polar surface area (TPSA) is 88.3 Å². The predicted molar refractivity (Wildman–Crippen MR) is 126 cm³/mol. The lowest BCUT2D eigenvalue weighted by Gasteiger charge is -2.23. The second-order valence-electron chi connectivity index (χ2n) is 9.44. The van der Waals surface area contributed by atoms with Gasteiger partial charge >= 0.3 is 0 Å². The molecule has 8 heteroatoms. The Morgan fingerprint density at radius 3 is 3.00 bits per heavy atom. The fourth-order valence-corrected chi connectivity index (χ4v) is 4.99. The number of amides is 1. The molecule has 2 aliphatic heterocycles.